The van der Waals surface area contributed by atoms with Gasteiger partial charge in [-0.15, -0.1) is 13.2 Å². The fourth-order valence-corrected chi connectivity index (χ4v) is 2.23. The summed E-state index contributed by atoms with van der Waals surface area (Å²) in [5, 5.41) is 5.35. The largest absolute Gasteiger partial charge is 0.573 e. The highest BCUT2D eigenvalue weighted by Gasteiger charge is 2.31. The summed E-state index contributed by atoms with van der Waals surface area (Å²) in [6.07, 6.45) is -3.36. The number of carbonyl (C=O) groups excluding carboxylic acids is 2. The molecule has 2 N–H and O–H groups in total. The third kappa shape index (κ3) is 6.26. The number of nitrogens with one attached hydrogen (secondary N) is 2. The van der Waals surface area contributed by atoms with Gasteiger partial charge in [0.05, 0.1) is 6.04 Å². The molecule has 9 heteroatoms. The molecule has 2 rings (SSSR count). The lowest BCUT2D eigenvalue weighted by atomic mass is 10.1. The predicted octanol–water partition coefficient (Wildman–Crippen LogP) is 4.07. The minimum atomic E-state index is -4.76. The van der Waals surface area contributed by atoms with E-state index in [4.69, 9.17) is 0 Å². The average Bonchev–Trinajstić information content (AvgIpc) is 2.61. The van der Waals surface area contributed by atoms with Crippen LogP contribution in [-0.2, 0) is 4.79 Å². The number of anilines is 1. The van der Waals surface area contributed by atoms with Gasteiger partial charge in [0.15, 0.2) is 0 Å². The second-order valence-electron chi connectivity index (χ2n) is 6.39. The molecule has 0 saturated heterocycles. The van der Waals surface area contributed by atoms with Crippen molar-refractivity contribution < 1.29 is 27.5 Å². The van der Waals surface area contributed by atoms with Crippen LogP contribution in [0.25, 0.3) is 0 Å². The molecule has 6 nitrogen and oxygen atoms in total. The van der Waals surface area contributed by atoms with Gasteiger partial charge in [0.1, 0.15) is 11.6 Å². The fourth-order valence-electron chi connectivity index (χ4n) is 2.23. The van der Waals surface area contributed by atoms with E-state index in [-0.39, 0.29) is 29.0 Å². The zero-order valence-corrected chi connectivity index (χ0v) is 15.5. The van der Waals surface area contributed by atoms with Crippen molar-refractivity contribution in [3.8, 4) is 5.75 Å². The van der Waals surface area contributed by atoms with Crippen LogP contribution in [-0.4, -0.2) is 23.2 Å². The van der Waals surface area contributed by atoms with Crippen molar-refractivity contribution in [2.75, 3.05) is 5.32 Å². The lowest BCUT2D eigenvalue weighted by molar-refractivity contribution is -0.274. The van der Waals surface area contributed by atoms with Gasteiger partial charge in [-0.1, -0.05) is 26.0 Å². The van der Waals surface area contributed by atoms with E-state index >= 15 is 0 Å². The maximum absolute atomic E-state index is 12.4. The standard InChI is InChI=1S/C19H20F3N3O3/c1-11(2)17(26)25-16-10-14(8-9-23-16)18(27)24-12(3)13-4-6-15(7-5-13)28-19(20,21)22/h4-12H,1-3H3,(H,24,27)(H,23,25,26). The fraction of sp³-hybridized carbons (Fsp3) is 0.316. The Hall–Kier alpha value is -3.10. The average molecular weight is 395 g/mol. The Kier molecular flexibility index (Phi) is 6.61. The monoisotopic (exact) mass is 395 g/mol. The molecule has 1 aromatic carbocycles. The van der Waals surface area contributed by atoms with Gasteiger partial charge in [-0.25, -0.2) is 4.98 Å². The molecule has 2 amide bonds. The normalized spacial score (nSPS) is 12.4. The van der Waals surface area contributed by atoms with Gasteiger partial charge in [-0.2, -0.15) is 0 Å². The first-order valence-corrected chi connectivity index (χ1v) is 8.48. The molecule has 0 aliphatic heterocycles. The first kappa shape index (κ1) is 21.2. The van der Waals surface area contributed by atoms with E-state index in [2.05, 4.69) is 20.4 Å². The van der Waals surface area contributed by atoms with Crippen molar-refractivity contribution in [3.63, 3.8) is 0 Å². The van der Waals surface area contributed by atoms with Crippen molar-refractivity contribution >= 4 is 17.6 Å². The Morgan fingerprint density at radius 3 is 2.29 bits per heavy atom. The number of hydrogen-bond donors (Lipinski definition) is 2. The van der Waals surface area contributed by atoms with Gasteiger partial charge >= 0.3 is 6.36 Å². The number of pyridine rings is 1. The first-order chi connectivity index (χ1) is 13.0. The minimum absolute atomic E-state index is 0.223. The molecule has 0 saturated carbocycles. The van der Waals surface area contributed by atoms with Crippen LogP contribution in [0.4, 0.5) is 19.0 Å². The molecule has 0 aliphatic rings. The molecule has 0 spiro atoms. The molecule has 1 heterocycles. The third-order valence-electron chi connectivity index (χ3n) is 3.76. The molecule has 0 bridgehead atoms. The maximum atomic E-state index is 12.4. The smallest absolute Gasteiger partial charge is 0.406 e. The summed E-state index contributed by atoms with van der Waals surface area (Å²) in [6, 6.07) is 7.71. The SMILES string of the molecule is CC(C)C(=O)Nc1cc(C(=O)NC(C)c2ccc(OC(F)(F)F)cc2)ccn1. The van der Waals surface area contributed by atoms with Crippen LogP contribution in [0.3, 0.4) is 0 Å². The van der Waals surface area contributed by atoms with Gasteiger partial charge in [0.2, 0.25) is 5.91 Å². The second-order valence-corrected chi connectivity index (χ2v) is 6.39. The van der Waals surface area contributed by atoms with Crippen molar-refractivity contribution in [3.05, 3.63) is 53.7 Å². The van der Waals surface area contributed by atoms with E-state index in [1.165, 1.54) is 42.6 Å². The maximum Gasteiger partial charge on any atom is 0.573 e. The van der Waals surface area contributed by atoms with E-state index in [0.717, 1.165) is 0 Å². The lowest BCUT2D eigenvalue weighted by Gasteiger charge is -2.16. The predicted molar refractivity (Wildman–Crippen MR) is 96.7 cm³/mol. The highest BCUT2D eigenvalue weighted by atomic mass is 19.4. The van der Waals surface area contributed by atoms with Crippen LogP contribution in [0.15, 0.2) is 42.6 Å². The van der Waals surface area contributed by atoms with E-state index < -0.39 is 18.3 Å². The minimum Gasteiger partial charge on any atom is -0.406 e. The Morgan fingerprint density at radius 2 is 1.71 bits per heavy atom. The third-order valence-corrected chi connectivity index (χ3v) is 3.76. The molecular formula is C19H20F3N3O3. The Morgan fingerprint density at radius 1 is 1.07 bits per heavy atom. The highest BCUT2D eigenvalue weighted by molar-refractivity contribution is 5.97. The van der Waals surface area contributed by atoms with Crippen molar-refractivity contribution in [2.24, 2.45) is 5.92 Å². The Bertz CT molecular complexity index is 836. The molecule has 0 radical (unpaired) electrons. The number of aromatic nitrogens is 1. The van der Waals surface area contributed by atoms with Crippen LogP contribution in [0.2, 0.25) is 0 Å². The molecule has 150 valence electrons. The van der Waals surface area contributed by atoms with Gasteiger partial charge in [-0.05, 0) is 36.8 Å². The summed E-state index contributed by atoms with van der Waals surface area (Å²) in [5.41, 5.74) is 0.892. The van der Waals surface area contributed by atoms with Gasteiger partial charge in [0, 0.05) is 17.7 Å². The number of benzene rings is 1. The molecule has 2 aromatic rings. The van der Waals surface area contributed by atoms with E-state index in [0.29, 0.717) is 5.56 Å². The Balaban J connectivity index is 2.03. The molecule has 0 aliphatic carbocycles. The number of alkyl halides is 3. The molecule has 28 heavy (non-hydrogen) atoms. The highest BCUT2D eigenvalue weighted by Crippen LogP contribution is 2.24. The quantitative estimate of drug-likeness (QED) is 0.773. The summed E-state index contributed by atoms with van der Waals surface area (Å²) in [7, 11) is 0. The zero-order valence-electron chi connectivity index (χ0n) is 15.5. The number of halogens is 3. The van der Waals surface area contributed by atoms with Crippen LogP contribution in [0, 0.1) is 5.92 Å². The Labute approximate surface area is 160 Å². The lowest BCUT2D eigenvalue weighted by Crippen LogP contribution is -2.27. The van der Waals surface area contributed by atoms with Gasteiger partial charge in [0.25, 0.3) is 5.91 Å². The summed E-state index contributed by atoms with van der Waals surface area (Å²) >= 11 is 0. The number of carbonyl (C=O) groups is 2. The number of nitrogens with zero attached hydrogens (tertiary/aromatic N) is 1. The van der Waals surface area contributed by atoms with Gasteiger partial charge < -0.3 is 15.4 Å². The summed E-state index contributed by atoms with van der Waals surface area (Å²) in [4.78, 5) is 28.2. The van der Waals surface area contributed by atoms with Crippen LogP contribution >= 0.6 is 0 Å². The number of amides is 2. The van der Waals surface area contributed by atoms with Crippen LogP contribution in [0.1, 0.15) is 42.7 Å². The summed E-state index contributed by atoms with van der Waals surface area (Å²) in [6.45, 7) is 5.16. The van der Waals surface area contributed by atoms with E-state index in [9.17, 15) is 22.8 Å². The number of hydrogen-bond acceptors (Lipinski definition) is 4. The number of rotatable bonds is 6. The zero-order chi connectivity index (χ0) is 20.9. The molecule has 0 fully saturated rings. The second kappa shape index (κ2) is 8.73. The van der Waals surface area contributed by atoms with E-state index in [1.807, 2.05) is 0 Å². The van der Waals surface area contributed by atoms with Gasteiger partial charge in [-0.3, -0.25) is 9.59 Å². The molecular weight excluding hydrogens is 375 g/mol. The molecule has 1 unspecified atom stereocenters. The first-order valence-electron chi connectivity index (χ1n) is 8.48. The van der Waals surface area contributed by atoms with Crippen molar-refractivity contribution in [2.45, 2.75) is 33.2 Å². The van der Waals surface area contributed by atoms with E-state index in [1.54, 1.807) is 20.8 Å². The number of ether oxygens (including phenoxy) is 1. The summed E-state index contributed by atoms with van der Waals surface area (Å²) in [5.74, 6) is -0.948. The summed E-state index contributed by atoms with van der Waals surface area (Å²) < 4.78 is 40.4. The van der Waals surface area contributed by atoms with Crippen molar-refractivity contribution in [1.29, 1.82) is 0 Å². The molecule has 1 aromatic heterocycles. The van der Waals surface area contributed by atoms with Crippen molar-refractivity contribution in [1.82, 2.24) is 10.3 Å². The van der Waals surface area contributed by atoms with Crippen LogP contribution < -0.4 is 15.4 Å². The topological polar surface area (TPSA) is 80.3 Å². The molecule has 1 atom stereocenters. The van der Waals surface area contributed by atoms with Crippen LogP contribution in [0.5, 0.6) is 5.75 Å².